The Kier molecular flexibility index (Phi) is 6.89. The number of sulfonamides is 1. The molecule has 1 aliphatic heterocycles. The molecule has 0 spiro atoms. The monoisotopic (exact) mass is 393 g/mol. The van der Waals surface area contributed by atoms with Gasteiger partial charge in [0, 0.05) is 32.7 Å². The van der Waals surface area contributed by atoms with Crippen LogP contribution in [-0.2, 0) is 27.7 Å². The van der Waals surface area contributed by atoms with Crippen LogP contribution in [0.1, 0.15) is 43.7 Å². The number of piperazine rings is 1. The molecule has 0 bridgehead atoms. The van der Waals surface area contributed by atoms with E-state index in [2.05, 4.69) is 12.2 Å². The summed E-state index contributed by atoms with van der Waals surface area (Å²) >= 11 is 0. The maximum atomic E-state index is 13.0. The average Bonchev–Trinajstić information content (AvgIpc) is 2.68. The van der Waals surface area contributed by atoms with E-state index in [9.17, 15) is 13.2 Å². The third kappa shape index (κ3) is 5.09. The fourth-order valence-corrected chi connectivity index (χ4v) is 5.28. The van der Waals surface area contributed by atoms with Crippen LogP contribution >= 0.6 is 0 Å². The molecule has 0 saturated carbocycles. The van der Waals surface area contributed by atoms with Gasteiger partial charge in [-0.15, -0.1) is 0 Å². The lowest BCUT2D eigenvalue weighted by Crippen LogP contribution is -2.51. The normalized spacial score (nSPS) is 18.9. The summed E-state index contributed by atoms with van der Waals surface area (Å²) in [6, 6.07) is 5.61. The van der Waals surface area contributed by atoms with Gasteiger partial charge in [0.1, 0.15) is 0 Å². The zero-order valence-corrected chi connectivity index (χ0v) is 17.1. The summed E-state index contributed by atoms with van der Waals surface area (Å²) in [6.07, 6.45) is 6.38. The highest BCUT2D eigenvalue weighted by Gasteiger charge is 2.29. The summed E-state index contributed by atoms with van der Waals surface area (Å²) in [5.41, 5.74) is 2.48. The summed E-state index contributed by atoms with van der Waals surface area (Å²) in [5, 5.41) is 2.91. The Balaban J connectivity index is 1.56. The van der Waals surface area contributed by atoms with Gasteiger partial charge in [0.2, 0.25) is 15.9 Å². The van der Waals surface area contributed by atoms with Crippen molar-refractivity contribution in [2.45, 2.75) is 50.3 Å². The molecule has 1 fully saturated rings. The number of fused-ring (bicyclic) bond motifs is 1. The van der Waals surface area contributed by atoms with E-state index >= 15 is 0 Å². The number of carbonyl (C=O) groups is 1. The van der Waals surface area contributed by atoms with Crippen molar-refractivity contribution in [1.29, 1.82) is 0 Å². The Morgan fingerprint density at radius 3 is 2.48 bits per heavy atom. The minimum atomic E-state index is -3.46. The van der Waals surface area contributed by atoms with Gasteiger partial charge in [0.15, 0.2) is 0 Å². The second kappa shape index (κ2) is 9.17. The number of carbonyl (C=O) groups excluding carboxylic acids is 1. The van der Waals surface area contributed by atoms with Gasteiger partial charge in [0.05, 0.1) is 11.4 Å². The van der Waals surface area contributed by atoms with Gasteiger partial charge < -0.3 is 5.32 Å². The predicted octanol–water partition coefficient (Wildman–Crippen LogP) is 1.79. The molecule has 0 unspecified atom stereocenters. The number of unbranched alkanes of at least 4 members (excludes halogenated alkanes) is 1. The number of amides is 1. The van der Waals surface area contributed by atoms with Crippen LogP contribution in [0.5, 0.6) is 0 Å². The number of aryl methyl sites for hydroxylation is 2. The van der Waals surface area contributed by atoms with Crippen molar-refractivity contribution in [2.24, 2.45) is 0 Å². The summed E-state index contributed by atoms with van der Waals surface area (Å²) in [5.74, 6) is 0.0226. The molecule has 150 valence electrons. The van der Waals surface area contributed by atoms with Gasteiger partial charge in [-0.2, -0.15) is 4.31 Å². The van der Waals surface area contributed by atoms with Crippen molar-refractivity contribution < 1.29 is 13.2 Å². The first-order chi connectivity index (χ1) is 13.0. The van der Waals surface area contributed by atoms with Crippen molar-refractivity contribution >= 4 is 15.9 Å². The lowest BCUT2D eigenvalue weighted by atomic mass is 9.92. The Hall–Kier alpha value is -1.44. The highest BCUT2D eigenvalue weighted by Crippen LogP contribution is 2.26. The molecule has 3 rings (SSSR count). The van der Waals surface area contributed by atoms with Crippen molar-refractivity contribution in [3.8, 4) is 0 Å². The number of hydrogen-bond donors (Lipinski definition) is 1. The Bertz CT molecular complexity index is 756. The highest BCUT2D eigenvalue weighted by atomic mass is 32.2. The minimum Gasteiger partial charge on any atom is -0.355 e. The quantitative estimate of drug-likeness (QED) is 0.717. The first-order valence-electron chi connectivity index (χ1n) is 10.1. The zero-order valence-electron chi connectivity index (χ0n) is 16.2. The van der Waals surface area contributed by atoms with E-state index in [4.69, 9.17) is 0 Å². The van der Waals surface area contributed by atoms with Crippen LogP contribution in [0.15, 0.2) is 23.1 Å². The molecule has 7 heteroatoms. The smallest absolute Gasteiger partial charge is 0.243 e. The number of rotatable bonds is 7. The maximum Gasteiger partial charge on any atom is 0.243 e. The van der Waals surface area contributed by atoms with E-state index in [0.29, 0.717) is 44.2 Å². The molecule has 27 heavy (non-hydrogen) atoms. The van der Waals surface area contributed by atoms with E-state index in [1.165, 1.54) is 17.5 Å². The molecule has 0 aromatic heterocycles. The molecule has 1 amide bonds. The molecule has 2 aliphatic rings. The molecular weight excluding hydrogens is 362 g/mol. The van der Waals surface area contributed by atoms with Gasteiger partial charge >= 0.3 is 0 Å². The van der Waals surface area contributed by atoms with E-state index in [-0.39, 0.29) is 5.91 Å². The minimum absolute atomic E-state index is 0.0226. The third-order valence-electron chi connectivity index (χ3n) is 5.51. The van der Waals surface area contributed by atoms with Crippen molar-refractivity contribution in [2.75, 3.05) is 39.3 Å². The van der Waals surface area contributed by atoms with Crippen LogP contribution in [0.2, 0.25) is 0 Å². The fraction of sp³-hybridized carbons (Fsp3) is 0.650. The lowest BCUT2D eigenvalue weighted by Gasteiger charge is -2.33. The molecular formula is C20H31N3O3S. The number of hydrogen-bond acceptors (Lipinski definition) is 4. The summed E-state index contributed by atoms with van der Waals surface area (Å²) in [6.45, 7) is 5.19. The van der Waals surface area contributed by atoms with E-state index in [1.54, 1.807) is 10.4 Å². The van der Waals surface area contributed by atoms with E-state index in [1.807, 2.05) is 17.0 Å². The van der Waals surface area contributed by atoms with Crippen molar-refractivity contribution in [3.05, 3.63) is 29.3 Å². The number of nitrogens with zero attached hydrogens (tertiary/aromatic N) is 2. The average molecular weight is 394 g/mol. The largest absolute Gasteiger partial charge is 0.355 e. The SMILES string of the molecule is CCCCNC(=O)CN1CCN(S(=O)(=O)c2ccc3c(c2)CCCC3)CC1. The zero-order chi connectivity index (χ0) is 19.3. The molecule has 0 radical (unpaired) electrons. The molecule has 1 aliphatic carbocycles. The van der Waals surface area contributed by atoms with Crippen molar-refractivity contribution in [3.63, 3.8) is 0 Å². The second-order valence-corrected chi connectivity index (χ2v) is 9.46. The van der Waals surface area contributed by atoms with Gasteiger partial charge in [0.25, 0.3) is 0 Å². The van der Waals surface area contributed by atoms with Gasteiger partial charge in [-0.05, 0) is 55.4 Å². The van der Waals surface area contributed by atoms with E-state index < -0.39 is 10.0 Å². The van der Waals surface area contributed by atoms with Crippen LogP contribution in [-0.4, -0.2) is 62.8 Å². The molecule has 1 N–H and O–H groups in total. The van der Waals surface area contributed by atoms with Crippen LogP contribution < -0.4 is 5.32 Å². The Labute approximate surface area is 163 Å². The molecule has 1 heterocycles. The van der Waals surface area contributed by atoms with Crippen LogP contribution in [0.4, 0.5) is 0 Å². The van der Waals surface area contributed by atoms with Crippen molar-refractivity contribution in [1.82, 2.24) is 14.5 Å². The van der Waals surface area contributed by atoms with E-state index in [0.717, 1.165) is 32.1 Å². The highest BCUT2D eigenvalue weighted by molar-refractivity contribution is 7.89. The van der Waals surface area contributed by atoms with Gasteiger partial charge in [-0.3, -0.25) is 9.69 Å². The first kappa shape index (κ1) is 20.3. The summed E-state index contributed by atoms with van der Waals surface area (Å²) in [7, 11) is -3.46. The molecule has 0 atom stereocenters. The Morgan fingerprint density at radius 1 is 1.07 bits per heavy atom. The van der Waals surface area contributed by atoms with Crippen LogP contribution in [0, 0.1) is 0 Å². The summed E-state index contributed by atoms with van der Waals surface area (Å²) in [4.78, 5) is 14.4. The maximum absolute atomic E-state index is 13.0. The number of nitrogens with one attached hydrogen (secondary N) is 1. The lowest BCUT2D eigenvalue weighted by molar-refractivity contribution is -0.122. The fourth-order valence-electron chi connectivity index (χ4n) is 3.81. The predicted molar refractivity (Wildman–Crippen MR) is 106 cm³/mol. The van der Waals surface area contributed by atoms with Gasteiger partial charge in [-0.25, -0.2) is 8.42 Å². The van der Waals surface area contributed by atoms with Gasteiger partial charge in [-0.1, -0.05) is 19.4 Å². The standard InChI is InChI=1S/C20H31N3O3S/c1-2-3-10-21-20(24)16-22-11-13-23(14-12-22)27(25,26)19-9-8-17-6-4-5-7-18(17)15-19/h8-9,15H,2-7,10-14,16H2,1H3,(H,21,24). The second-order valence-electron chi connectivity index (χ2n) is 7.52. The summed E-state index contributed by atoms with van der Waals surface area (Å²) < 4.78 is 27.6. The topological polar surface area (TPSA) is 69.7 Å². The molecule has 1 saturated heterocycles. The molecule has 6 nitrogen and oxygen atoms in total. The Morgan fingerprint density at radius 2 is 1.78 bits per heavy atom. The van der Waals surface area contributed by atoms with Crippen LogP contribution in [0.25, 0.3) is 0 Å². The van der Waals surface area contributed by atoms with Crippen LogP contribution in [0.3, 0.4) is 0 Å². The third-order valence-corrected chi connectivity index (χ3v) is 7.40. The molecule has 1 aromatic carbocycles. The molecule has 1 aromatic rings. The number of benzene rings is 1. The first-order valence-corrected chi connectivity index (χ1v) is 11.6.